The van der Waals surface area contributed by atoms with E-state index in [1.807, 2.05) is 4.90 Å². The Bertz CT molecular complexity index is 239. The van der Waals surface area contributed by atoms with Gasteiger partial charge in [-0.2, -0.15) is 0 Å². The van der Waals surface area contributed by atoms with Crippen LogP contribution in [0.1, 0.15) is 19.3 Å². The minimum absolute atomic E-state index is 0.0731. The first kappa shape index (κ1) is 9.07. The summed E-state index contributed by atoms with van der Waals surface area (Å²) in [5.41, 5.74) is 0. The third-order valence-electron chi connectivity index (χ3n) is 3.25. The molecule has 2 fully saturated rings. The van der Waals surface area contributed by atoms with Crippen LogP contribution in [-0.4, -0.2) is 23.9 Å². The van der Waals surface area contributed by atoms with Gasteiger partial charge < -0.3 is 4.90 Å². The minimum Gasteiger partial charge on any atom is -0.337 e. The summed E-state index contributed by atoms with van der Waals surface area (Å²) in [7, 11) is 0. The van der Waals surface area contributed by atoms with E-state index in [0.29, 0.717) is 0 Å². The molecule has 13 heavy (non-hydrogen) atoms. The molecule has 0 bridgehead atoms. The van der Waals surface area contributed by atoms with Crippen molar-refractivity contribution in [1.82, 2.24) is 4.90 Å². The molecule has 0 N–H and O–H groups in total. The Hall–Kier alpha value is -0.500. The van der Waals surface area contributed by atoms with E-state index < -0.39 is 0 Å². The van der Waals surface area contributed by atoms with Crippen molar-refractivity contribution in [3.05, 3.63) is 11.6 Å². The topological polar surface area (TPSA) is 20.3 Å². The quantitative estimate of drug-likeness (QED) is 0.592. The fraction of sp³-hybridized carbons (Fsp3) is 0.700. The van der Waals surface area contributed by atoms with E-state index in [2.05, 4.69) is 6.58 Å². The molecule has 1 aliphatic heterocycles. The number of hydrogen-bond donors (Lipinski definition) is 0. The Morgan fingerprint density at radius 3 is 2.31 bits per heavy atom. The molecule has 1 saturated carbocycles. The average molecular weight is 200 g/mol. The third-order valence-corrected chi connectivity index (χ3v) is 3.41. The van der Waals surface area contributed by atoms with Crippen LogP contribution in [0.4, 0.5) is 0 Å². The zero-order valence-corrected chi connectivity index (χ0v) is 8.39. The predicted molar refractivity (Wildman–Crippen MR) is 52.4 cm³/mol. The van der Waals surface area contributed by atoms with Gasteiger partial charge in [0.2, 0.25) is 0 Å². The maximum Gasteiger partial charge on any atom is 0.264 e. The molecule has 1 saturated heterocycles. The van der Waals surface area contributed by atoms with E-state index in [0.717, 1.165) is 24.9 Å². The van der Waals surface area contributed by atoms with Crippen molar-refractivity contribution < 1.29 is 4.79 Å². The van der Waals surface area contributed by atoms with Crippen molar-refractivity contribution in [3.8, 4) is 0 Å². The van der Waals surface area contributed by atoms with Crippen LogP contribution in [-0.2, 0) is 4.79 Å². The molecular formula is C10H14ClNO. The number of halogens is 1. The maximum atomic E-state index is 11.5. The van der Waals surface area contributed by atoms with Gasteiger partial charge in [0.15, 0.2) is 0 Å². The van der Waals surface area contributed by atoms with E-state index >= 15 is 0 Å². The van der Waals surface area contributed by atoms with Crippen LogP contribution in [0.2, 0.25) is 0 Å². The number of carbonyl (C=O) groups excluding carboxylic acids is 1. The molecule has 0 aromatic carbocycles. The van der Waals surface area contributed by atoms with Crippen LogP contribution < -0.4 is 0 Å². The largest absolute Gasteiger partial charge is 0.337 e. The standard InChI is InChI=1S/C10H14ClNO/c1-7(11)10(13)12-5-8-3-2-4-9(8)6-12/h8-9H,1-6H2. The van der Waals surface area contributed by atoms with Crippen molar-refractivity contribution in [3.63, 3.8) is 0 Å². The molecule has 1 amide bonds. The first-order chi connectivity index (χ1) is 6.18. The third kappa shape index (κ3) is 1.60. The molecule has 0 aromatic heterocycles. The van der Waals surface area contributed by atoms with Crippen LogP contribution in [0.3, 0.4) is 0 Å². The number of likely N-dealkylation sites (tertiary alicyclic amines) is 1. The second-order valence-electron chi connectivity index (χ2n) is 4.07. The van der Waals surface area contributed by atoms with Gasteiger partial charge in [0.05, 0.1) is 5.03 Å². The van der Waals surface area contributed by atoms with Crippen LogP contribution >= 0.6 is 11.6 Å². The monoisotopic (exact) mass is 199 g/mol. The Labute approximate surface area is 83.5 Å². The number of nitrogens with zero attached hydrogens (tertiary/aromatic N) is 1. The average Bonchev–Trinajstić information content (AvgIpc) is 2.59. The lowest BCUT2D eigenvalue weighted by Gasteiger charge is -2.15. The summed E-state index contributed by atoms with van der Waals surface area (Å²) in [4.78, 5) is 13.3. The normalized spacial score (nSPS) is 31.9. The number of rotatable bonds is 1. The second-order valence-corrected chi connectivity index (χ2v) is 4.52. The van der Waals surface area contributed by atoms with Crippen LogP contribution in [0.15, 0.2) is 11.6 Å². The lowest BCUT2D eigenvalue weighted by molar-refractivity contribution is -0.125. The van der Waals surface area contributed by atoms with Crippen LogP contribution in [0, 0.1) is 11.8 Å². The zero-order valence-electron chi connectivity index (χ0n) is 7.63. The molecule has 2 aliphatic rings. The highest BCUT2D eigenvalue weighted by Crippen LogP contribution is 2.38. The number of hydrogen-bond acceptors (Lipinski definition) is 1. The number of amides is 1. The molecule has 0 aromatic rings. The molecule has 2 unspecified atom stereocenters. The summed E-state index contributed by atoms with van der Waals surface area (Å²) >= 11 is 5.58. The molecule has 1 heterocycles. The maximum absolute atomic E-state index is 11.5. The van der Waals surface area contributed by atoms with Crippen LogP contribution in [0.5, 0.6) is 0 Å². The SMILES string of the molecule is C=C(Cl)C(=O)N1CC2CCCC2C1. The van der Waals surface area contributed by atoms with Gasteiger partial charge in [-0.3, -0.25) is 4.79 Å². The Morgan fingerprint density at radius 1 is 1.31 bits per heavy atom. The first-order valence-electron chi connectivity index (χ1n) is 4.82. The van der Waals surface area contributed by atoms with E-state index in [9.17, 15) is 4.79 Å². The molecule has 0 radical (unpaired) electrons. The summed E-state index contributed by atoms with van der Waals surface area (Å²) < 4.78 is 0. The summed E-state index contributed by atoms with van der Waals surface area (Å²) in [6.45, 7) is 5.26. The van der Waals surface area contributed by atoms with E-state index in [4.69, 9.17) is 11.6 Å². The molecule has 2 atom stereocenters. The van der Waals surface area contributed by atoms with E-state index in [1.165, 1.54) is 19.3 Å². The lowest BCUT2D eigenvalue weighted by Crippen LogP contribution is -2.29. The van der Waals surface area contributed by atoms with Gasteiger partial charge in [-0.05, 0) is 24.7 Å². The molecular weight excluding hydrogens is 186 g/mol. The van der Waals surface area contributed by atoms with Gasteiger partial charge in [-0.15, -0.1) is 0 Å². The van der Waals surface area contributed by atoms with Crippen molar-refractivity contribution >= 4 is 17.5 Å². The molecule has 2 rings (SSSR count). The fourth-order valence-corrected chi connectivity index (χ4v) is 2.69. The summed E-state index contributed by atoms with van der Waals surface area (Å²) in [6, 6.07) is 0. The van der Waals surface area contributed by atoms with Gasteiger partial charge >= 0.3 is 0 Å². The molecule has 2 nitrogen and oxygen atoms in total. The lowest BCUT2D eigenvalue weighted by atomic mass is 10.0. The van der Waals surface area contributed by atoms with Crippen molar-refractivity contribution in [1.29, 1.82) is 0 Å². The zero-order chi connectivity index (χ0) is 9.42. The highest BCUT2D eigenvalue weighted by atomic mass is 35.5. The second kappa shape index (κ2) is 3.33. The molecule has 1 aliphatic carbocycles. The Morgan fingerprint density at radius 2 is 1.85 bits per heavy atom. The number of carbonyl (C=O) groups is 1. The first-order valence-corrected chi connectivity index (χ1v) is 5.20. The van der Waals surface area contributed by atoms with E-state index in [-0.39, 0.29) is 10.9 Å². The highest BCUT2D eigenvalue weighted by Gasteiger charge is 2.38. The Kier molecular flexibility index (Phi) is 2.33. The smallest absolute Gasteiger partial charge is 0.264 e. The summed E-state index contributed by atoms with van der Waals surface area (Å²) in [6.07, 6.45) is 3.89. The van der Waals surface area contributed by atoms with Crippen molar-refractivity contribution in [2.24, 2.45) is 11.8 Å². The fourth-order valence-electron chi connectivity index (χ4n) is 2.57. The number of fused-ring (bicyclic) bond motifs is 1. The van der Waals surface area contributed by atoms with Gasteiger partial charge in [-0.1, -0.05) is 24.6 Å². The predicted octanol–water partition coefficient (Wildman–Crippen LogP) is 2.00. The minimum atomic E-state index is -0.0731. The van der Waals surface area contributed by atoms with Crippen LogP contribution in [0.25, 0.3) is 0 Å². The summed E-state index contributed by atoms with van der Waals surface area (Å²) in [5, 5.41) is 0.153. The van der Waals surface area contributed by atoms with Gasteiger partial charge in [0.25, 0.3) is 5.91 Å². The highest BCUT2D eigenvalue weighted by molar-refractivity contribution is 6.41. The van der Waals surface area contributed by atoms with Gasteiger partial charge in [0, 0.05) is 13.1 Å². The molecule has 3 heteroatoms. The van der Waals surface area contributed by atoms with Crippen molar-refractivity contribution in [2.45, 2.75) is 19.3 Å². The summed E-state index contributed by atoms with van der Waals surface area (Å²) in [5.74, 6) is 1.40. The molecule has 72 valence electrons. The van der Waals surface area contributed by atoms with E-state index in [1.54, 1.807) is 0 Å². The van der Waals surface area contributed by atoms with Crippen molar-refractivity contribution in [2.75, 3.05) is 13.1 Å². The van der Waals surface area contributed by atoms with Gasteiger partial charge in [0.1, 0.15) is 0 Å². The van der Waals surface area contributed by atoms with Gasteiger partial charge in [-0.25, -0.2) is 0 Å². The Balaban J connectivity index is 1.99. The molecule has 0 spiro atoms.